The number of nitrogens with one attached hydrogen (secondary N) is 2. The van der Waals surface area contributed by atoms with Crippen molar-refractivity contribution in [2.24, 2.45) is 0 Å². The highest BCUT2D eigenvalue weighted by molar-refractivity contribution is 5.92. The molecule has 0 saturated carbocycles. The summed E-state index contributed by atoms with van der Waals surface area (Å²) in [5.74, 6) is -0.606. The number of amides is 1. The quantitative estimate of drug-likeness (QED) is 0.879. The normalized spacial score (nSPS) is 18.1. The molecule has 1 amide bonds. The molecule has 1 saturated heterocycles. The Hall–Kier alpha value is -2.24. The SMILES string of the molecule is CCc1ccc(C2CNCCN2CC(=O)Nc2ccccc2F)cc1. The van der Waals surface area contributed by atoms with Crippen LogP contribution < -0.4 is 10.6 Å². The van der Waals surface area contributed by atoms with Gasteiger partial charge in [-0.3, -0.25) is 9.69 Å². The summed E-state index contributed by atoms with van der Waals surface area (Å²) in [6.45, 7) is 4.81. The predicted octanol–water partition coefficient (Wildman–Crippen LogP) is 2.97. The molecule has 0 aliphatic carbocycles. The molecule has 2 aromatic carbocycles. The third-order valence-corrected chi connectivity index (χ3v) is 4.62. The van der Waals surface area contributed by atoms with Crippen molar-refractivity contribution in [1.82, 2.24) is 10.2 Å². The van der Waals surface area contributed by atoms with Gasteiger partial charge >= 0.3 is 0 Å². The minimum atomic E-state index is -0.414. The highest BCUT2D eigenvalue weighted by Crippen LogP contribution is 2.23. The van der Waals surface area contributed by atoms with Crippen LogP contribution in [0, 0.1) is 5.82 Å². The Balaban J connectivity index is 1.68. The van der Waals surface area contributed by atoms with Gasteiger partial charge in [0.15, 0.2) is 0 Å². The molecule has 132 valence electrons. The number of benzene rings is 2. The second-order valence-corrected chi connectivity index (χ2v) is 6.31. The molecule has 0 aromatic heterocycles. The van der Waals surface area contributed by atoms with Crippen LogP contribution in [0.15, 0.2) is 48.5 Å². The lowest BCUT2D eigenvalue weighted by Gasteiger charge is -2.36. The molecule has 1 aliphatic rings. The number of aryl methyl sites for hydroxylation is 1. The third-order valence-electron chi connectivity index (χ3n) is 4.62. The molecular formula is C20H24FN3O. The van der Waals surface area contributed by atoms with Gasteiger partial charge in [0.25, 0.3) is 0 Å². The first-order chi connectivity index (χ1) is 12.2. The summed E-state index contributed by atoms with van der Waals surface area (Å²) < 4.78 is 13.7. The fraction of sp³-hybridized carbons (Fsp3) is 0.350. The van der Waals surface area contributed by atoms with Gasteiger partial charge in [0.05, 0.1) is 12.2 Å². The summed E-state index contributed by atoms with van der Waals surface area (Å²) >= 11 is 0. The Morgan fingerprint density at radius 3 is 2.72 bits per heavy atom. The number of nitrogens with zero attached hydrogens (tertiary/aromatic N) is 1. The number of para-hydroxylation sites is 1. The highest BCUT2D eigenvalue weighted by Gasteiger charge is 2.25. The van der Waals surface area contributed by atoms with Gasteiger partial charge in [0, 0.05) is 25.7 Å². The maximum atomic E-state index is 13.7. The largest absolute Gasteiger partial charge is 0.322 e. The van der Waals surface area contributed by atoms with E-state index in [2.05, 4.69) is 46.7 Å². The Bertz CT molecular complexity index is 717. The van der Waals surface area contributed by atoms with Gasteiger partial charge in [0.1, 0.15) is 5.82 Å². The molecular weight excluding hydrogens is 317 g/mol. The molecule has 1 aliphatic heterocycles. The number of rotatable bonds is 5. The van der Waals surface area contributed by atoms with Crippen molar-refractivity contribution in [3.63, 3.8) is 0 Å². The Kier molecular flexibility index (Phi) is 5.79. The zero-order valence-electron chi connectivity index (χ0n) is 14.5. The molecule has 1 unspecified atom stereocenters. The average molecular weight is 341 g/mol. The Morgan fingerprint density at radius 2 is 2.00 bits per heavy atom. The lowest BCUT2D eigenvalue weighted by molar-refractivity contribution is -0.118. The highest BCUT2D eigenvalue weighted by atomic mass is 19.1. The van der Waals surface area contributed by atoms with Crippen LogP contribution in [-0.2, 0) is 11.2 Å². The van der Waals surface area contributed by atoms with E-state index in [0.717, 1.165) is 26.1 Å². The van der Waals surface area contributed by atoms with Gasteiger partial charge in [-0.2, -0.15) is 0 Å². The topological polar surface area (TPSA) is 44.4 Å². The fourth-order valence-corrected chi connectivity index (χ4v) is 3.18. The lowest BCUT2D eigenvalue weighted by Crippen LogP contribution is -2.48. The van der Waals surface area contributed by atoms with E-state index < -0.39 is 5.82 Å². The maximum Gasteiger partial charge on any atom is 0.238 e. The predicted molar refractivity (Wildman–Crippen MR) is 98.0 cm³/mol. The van der Waals surface area contributed by atoms with Gasteiger partial charge in [-0.05, 0) is 29.7 Å². The summed E-state index contributed by atoms with van der Waals surface area (Å²) in [7, 11) is 0. The van der Waals surface area contributed by atoms with Gasteiger partial charge < -0.3 is 10.6 Å². The van der Waals surface area contributed by atoms with Gasteiger partial charge in [-0.15, -0.1) is 0 Å². The number of hydrogen-bond acceptors (Lipinski definition) is 3. The third kappa shape index (κ3) is 4.44. The second kappa shape index (κ2) is 8.23. The standard InChI is InChI=1S/C20H24FN3O/c1-2-15-7-9-16(10-8-15)19-13-22-11-12-24(19)14-20(25)23-18-6-4-3-5-17(18)21/h3-10,19,22H,2,11-14H2,1H3,(H,23,25). The van der Waals surface area contributed by atoms with E-state index in [1.165, 1.54) is 17.2 Å². The molecule has 2 aromatic rings. The van der Waals surface area contributed by atoms with Crippen molar-refractivity contribution in [3.05, 3.63) is 65.5 Å². The fourth-order valence-electron chi connectivity index (χ4n) is 3.18. The molecule has 1 fully saturated rings. The van der Waals surface area contributed by atoms with Gasteiger partial charge in [-0.1, -0.05) is 43.3 Å². The molecule has 0 bridgehead atoms. The maximum absolute atomic E-state index is 13.7. The Labute approximate surface area is 148 Å². The smallest absolute Gasteiger partial charge is 0.238 e. The van der Waals surface area contributed by atoms with Crippen molar-refractivity contribution in [2.75, 3.05) is 31.5 Å². The summed E-state index contributed by atoms with van der Waals surface area (Å²) in [4.78, 5) is 14.5. The summed E-state index contributed by atoms with van der Waals surface area (Å²) in [6.07, 6.45) is 1.01. The van der Waals surface area contributed by atoms with E-state index >= 15 is 0 Å². The summed E-state index contributed by atoms with van der Waals surface area (Å²) in [5, 5.41) is 6.06. The zero-order valence-corrected chi connectivity index (χ0v) is 14.5. The molecule has 3 rings (SSSR count). The van der Waals surface area contributed by atoms with Crippen LogP contribution in [0.1, 0.15) is 24.1 Å². The Morgan fingerprint density at radius 1 is 1.24 bits per heavy atom. The van der Waals surface area contributed by atoms with Crippen LogP contribution >= 0.6 is 0 Å². The molecule has 25 heavy (non-hydrogen) atoms. The number of carbonyl (C=O) groups excluding carboxylic acids is 1. The molecule has 1 heterocycles. The second-order valence-electron chi connectivity index (χ2n) is 6.31. The molecule has 1 atom stereocenters. The summed E-state index contributed by atoms with van der Waals surface area (Å²) in [6, 6.07) is 14.9. The van der Waals surface area contributed by atoms with Crippen LogP contribution in [0.5, 0.6) is 0 Å². The van der Waals surface area contributed by atoms with Crippen molar-refractivity contribution in [1.29, 1.82) is 0 Å². The van der Waals surface area contributed by atoms with Crippen molar-refractivity contribution in [2.45, 2.75) is 19.4 Å². The van der Waals surface area contributed by atoms with Gasteiger partial charge in [0.2, 0.25) is 5.91 Å². The van der Waals surface area contributed by atoms with Crippen molar-refractivity contribution < 1.29 is 9.18 Å². The van der Waals surface area contributed by atoms with E-state index in [4.69, 9.17) is 0 Å². The zero-order chi connectivity index (χ0) is 17.6. The molecule has 4 nitrogen and oxygen atoms in total. The van der Waals surface area contributed by atoms with Crippen LogP contribution in [-0.4, -0.2) is 37.0 Å². The monoisotopic (exact) mass is 341 g/mol. The van der Waals surface area contributed by atoms with Crippen molar-refractivity contribution in [3.8, 4) is 0 Å². The molecule has 0 radical (unpaired) electrons. The van der Waals surface area contributed by atoms with Crippen LogP contribution in [0.25, 0.3) is 0 Å². The van der Waals surface area contributed by atoms with Crippen LogP contribution in [0.3, 0.4) is 0 Å². The number of anilines is 1. The first-order valence-electron chi connectivity index (χ1n) is 8.75. The molecule has 0 spiro atoms. The van der Waals surface area contributed by atoms with Crippen molar-refractivity contribution >= 4 is 11.6 Å². The van der Waals surface area contributed by atoms with E-state index in [-0.39, 0.29) is 24.2 Å². The minimum absolute atomic E-state index is 0.144. The average Bonchev–Trinajstić information content (AvgIpc) is 2.64. The number of carbonyl (C=O) groups is 1. The minimum Gasteiger partial charge on any atom is -0.322 e. The van der Waals surface area contributed by atoms with E-state index in [1.54, 1.807) is 18.2 Å². The number of halogens is 1. The first-order valence-corrected chi connectivity index (χ1v) is 8.75. The van der Waals surface area contributed by atoms with Crippen LogP contribution in [0.4, 0.5) is 10.1 Å². The molecule has 5 heteroatoms. The van der Waals surface area contributed by atoms with E-state index in [9.17, 15) is 9.18 Å². The number of piperazine rings is 1. The molecule has 2 N–H and O–H groups in total. The van der Waals surface area contributed by atoms with Gasteiger partial charge in [-0.25, -0.2) is 4.39 Å². The number of hydrogen-bond donors (Lipinski definition) is 2. The van der Waals surface area contributed by atoms with E-state index in [1.807, 2.05) is 0 Å². The van der Waals surface area contributed by atoms with Crippen LogP contribution in [0.2, 0.25) is 0 Å². The lowest BCUT2D eigenvalue weighted by atomic mass is 10.0. The summed E-state index contributed by atoms with van der Waals surface area (Å²) in [5.41, 5.74) is 2.73. The van der Waals surface area contributed by atoms with E-state index in [0.29, 0.717) is 0 Å². The first kappa shape index (κ1) is 17.6.